The summed E-state index contributed by atoms with van der Waals surface area (Å²) in [6, 6.07) is 11.2. The Balaban J connectivity index is 1.85. The van der Waals surface area contributed by atoms with Gasteiger partial charge in [-0.25, -0.2) is 0 Å². The number of halogens is 1. The standard InChI is InChI=1S/C20H24BrNO4/c1-4-9-25-18-8-5-15(11-19(18)24-3)12-22-20(23)13-26-16-6-7-17(21)14(2)10-16/h5-8,10-11H,4,9,12-13H2,1-3H3,(H,22,23). The molecule has 0 atom stereocenters. The summed E-state index contributed by atoms with van der Waals surface area (Å²) in [4.78, 5) is 12.0. The maximum Gasteiger partial charge on any atom is 0.258 e. The summed E-state index contributed by atoms with van der Waals surface area (Å²) in [5.41, 5.74) is 1.99. The second-order valence-electron chi connectivity index (χ2n) is 5.81. The Morgan fingerprint density at radius 2 is 1.92 bits per heavy atom. The van der Waals surface area contributed by atoms with E-state index in [0.29, 0.717) is 30.4 Å². The highest BCUT2D eigenvalue weighted by Gasteiger charge is 2.08. The lowest BCUT2D eigenvalue weighted by Crippen LogP contribution is -2.28. The summed E-state index contributed by atoms with van der Waals surface area (Å²) in [6.07, 6.45) is 0.929. The van der Waals surface area contributed by atoms with Crippen molar-refractivity contribution in [3.05, 3.63) is 52.0 Å². The number of methoxy groups -OCH3 is 1. The minimum Gasteiger partial charge on any atom is -0.493 e. The fraction of sp³-hybridized carbons (Fsp3) is 0.350. The van der Waals surface area contributed by atoms with E-state index in [4.69, 9.17) is 14.2 Å². The van der Waals surface area contributed by atoms with Crippen molar-refractivity contribution in [2.24, 2.45) is 0 Å². The molecular weight excluding hydrogens is 398 g/mol. The van der Waals surface area contributed by atoms with Crippen molar-refractivity contribution >= 4 is 21.8 Å². The van der Waals surface area contributed by atoms with Gasteiger partial charge in [-0.05, 0) is 54.8 Å². The van der Waals surface area contributed by atoms with Gasteiger partial charge in [0.2, 0.25) is 0 Å². The lowest BCUT2D eigenvalue weighted by molar-refractivity contribution is -0.123. The zero-order valence-electron chi connectivity index (χ0n) is 15.3. The number of benzene rings is 2. The van der Waals surface area contributed by atoms with E-state index in [1.54, 1.807) is 7.11 Å². The molecule has 0 fully saturated rings. The average Bonchev–Trinajstić information content (AvgIpc) is 2.65. The van der Waals surface area contributed by atoms with Crippen LogP contribution in [0.2, 0.25) is 0 Å². The first kappa shape index (κ1) is 20.1. The smallest absolute Gasteiger partial charge is 0.258 e. The van der Waals surface area contributed by atoms with E-state index in [1.807, 2.05) is 50.2 Å². The van der Waals surface area contributed by atoms with E-state index in [0.717, 1.165) is 22.0 Å². The Hall–Kier alpha value is -2.21. The van der Waals surface area contributed by atoms with Crippen molar-refractivity contribution in [1.29, 1.82) is 0 Å². The van der Waals surface area contributed by atoms with Crippen LogP contribution in [0.3, 0.4) is 0 Å². The number of ether oxygens (including phenoxy) is 3. The molecule has 1 N–H and O–H groups in total. The molecule has 1 amide bonds. The molecule has 0 bridgehead atoms. The van der Waals surface area contributed by atoms with Gasteiger partial charge in [-0.3, -0.25) is 4.79 Å². The van der Waals surface area contributed by atoms with Crippen molar-refractivity contribution in [3.8, 4) is 17.2 Å². The van der Waals surface area contributed by atoms with Crippen LogP contribution in [0.1, 0.15) is 24.5 Å². The molecule has 0 radical (unpaired) electrons. The largest absolute Gasteiger partial charge is 0.493 e. The number of carbonyl (C=O) groups excluding carboxylic acids is 1. The quantitative estimate of drug-likeness (QED) is 0.657. The van der Waals surface area contributed by atoms with Gasteiger partial charge in [-0.15, -0.1) is 0 Å². The van der Waals surface area contributed by atoms with Gasteiger partial charge in [0.25, 0.3) is 5.91 Å². The van der Waals surface area contributed by atoms with Crippen LogP contribution in [0, 0.1) is 6.92 Å². The molecular formula is C20H24BrNO4. The van der Waals surface area contributed by atoms with Gasteiger partial charge in [0.1, 0.15) is 5.75 Å². The molecule has 0 saturated carbocycles. The molecule has 6 heteroatoms. The van der Waals surface area contributed by atoms with Gasteiger partial charge < -0.3 is 19.5 Å². The number of rotatable bonds is 9. The van der Waals surface area contributed by atoms with Crippen molar-refractivity contribution in [2.75, 3.05) is 20.3 Å². The molecule has 140 valence electrons. The van der Waals surface area contributed by atoms with Crippen molar-refractivity contribution in [1.82, 2.24) is 5.32 Å². The summed E-state index contributed by atoms with van der Waals surface area (Å²) in [6.45, 7) is 5.02. The van der Waals surface area contributed by atoms with Crippen LogP contribution < -0.4 is 19.5 Å². The zero-order chi connectivity index (χ0) is 18.9. The second kappa shape index (κ2) is 10.1. The number of carbonyl (C=O) groups is 1. The van der Waals surface area contributed by atoms with Crippen LogP contribution in [-0.2, 0) is 11.3 Å². The highest BCUT2D eigenvalue weighted by Crippen LogP contribution is 2.28. The van der Waals surface area contributed by atoms with Gasteiger partial charge in [0.15, 0.2) is 18.1 Å². The molecule has 2 aromatic carbocycles. The van der Waals surface area contributed by atoms with Gasteiger partial charge >= 0.3 is 0 Å². The van der Waals surface area contributed by atoms with Crippen molar-refractivity contribution in [3.63, 3.8) is 0 Å². The Kier molecular flexibility index (Phi) is 7.78. The number of hydrogen-bond acceptors (Lipinski definition) is 4. The predicted octanol–water partition coefficient (Wildman–Crippen LogP) is 4.25. The first-order valence-electron chi connectivity index (χ1n) is 8.48. The summed E-state index contributed by atoms with van der Waals surface area (Å²) in [5.74, 6) is 1.85. The summed E-state index contributed by atoms with van der Waals surface area (Å²) in [5, 5.41) is 2.84. The normalized spacial score (nSPS) is 10.3. The predicted molar refractivity (Wildman–Crippen MR) is 105 cm³/mol. The Bertz CT molecular complexity index is 749. The zero-order valence-corrected chi connectivity index (χ0v) is 16.9. The summed E-state index contributed by atoms with van der Waals surface area (Å²) in [7, 11) is 1.60. The first-order valence-corrected chi connectivity index (χ1v) is 9.28. The molecule has 0 heterocycles. The van der Waals surface area contributed by atoms with Crippen LogP contribution in [0.5, 0.6) is 17.2 Å². The molecule has 0 aliphatic heterocycles. The van der Waals surface area contributed by atoms with E-state index in [9.17, 15) is 4.79 Å². The van der Waals surface area contributed by atoms with Crippen LogP contribution in [0.4, 0.5) is 0 Å². The van der Waals surface area contributed by atoms with Crippen molar-refractivity contribution in [2.45, 2.75) is 26.8 Å². The minimum absolute atomic E-state index is 0.0318. The molecule has 0 aliphatic rings. The summed E-state index contributed by atoms with van der Waals surface area (Å²) >= 11 is 3.44. The second-order valence-corrected chi connectivity index (χ2v) is 6.66. The lowest BCUT2D eigenvalue weighted by Gasteiger charge is -2.12. The van der Waals surface area contributed by atoms with Gasteiger partial charge in [0, 0.05) is 11.0 Å². The summed E-state index contributed by atoms with van der Waals surface area (Å²) < 4.78 is 17.5. The third-order valence-electron chi connectivity index (χ3n) is 3.68. The molecule has 0 unspecified atom stereocenters. The van der Waals surface area contributed by atoms with Crippen LogP contribution >= 0.6 is 15.9 Å². The number of hydrogen-bond donors (Lipinski definition) is 1. The number of amides is 1. The van der Waals surface area contributed by atoms with E-state index in [2.05, 4.69) is 21.2 Å². The third kappa shape index (κ3) is 5.95. The third-order valence-corrected chi connectivity index (χ3v) is 4.57. The molecule has 0 saturated heterocycles. The Morgan fingerprint density at radius 1 is 1.12 bits per heavy atom. The van der Waals surface area contributed by atoms with Crippen LogP contribution in [0.25, 0.3) is 0 Å². The van der Waals surface area contributed by atoms with Crippen LogP contribution in [-0.4, -0.2) is 26.2 Å². The maximum absolute atomic E-state index is 12.0. The van der Waals surface area contributed by atoms with Crippen LogP contribution in [0.15, 0.2) is 40.9 Å². The molecule has 0 aromatic heterocycles. The van der Waals surface area contributed by atoms with E-state index >= 15 is 0 Å². The first-order chi connectivity index (χ1) is 12.5. The highest BCUT2D eigenvalue weighted by atomic mass is 79.9. The molecule has 2 aromatic rings. The van der Waals surface area contributed by atoms with Gasteiger partial charge in [0.05, 0.1) is 13.7 Å². The molecule has 2 rings (SSSR count). The van der Waals surface area contributed by atoms with E-state index in [-0.39, 0.29) is 12.5 Å². The monoisotopic (exact) mass is 421 g/mol. The minimum atomic E-state index is -0.184. The highest BCUT2D eigenvalue weighted by molar-refractivity contribution is 9.10. The molecule has 0 spiro atoms. The van der Waals surface area contributed by atoms with Gasteiger partial charge in [-0.2, -0.15) is 0 Å². The molecule has 0 aliphatic carbocycles. The number of aryl methyl sites for hydroxylation is 1. The topological polar surface area (TPSA) is 56.8 Å². The fourth-order valence-electron chi connectivity index (χ4n) is 2.26. The lowest BCUT2D eigenvalue weighted by atomic mass is 10.2. The van der Waals surface area contributed by atoms with Gasteiger partial charge in [-0.1, -0.05) is 28.9 Å². The number of nitrogens with one attached hydrogen (secondary N) is 1. The molecule has 26 heavy (non-hydrogen) atoms. The Labute approximate surface area is 162 Å². The average molecular weight is 422 g/mol. The van der Waals surface area contributed by atoms with E-state index in [1.165, 1.54) is 0 Å². The van der Waals surface area contributed by atoms with E-state index < -0.39 is 0 Å². The Morgan fingerprint density at radius 3 is 2.62 bits per heavy atom. The SMILES string of the molecule is CCCOc1ccc(CNC(=O)COc2ccc(Br)c(C)c2)cc1OC. The maximum atomic E-state index is 12.0. The van der Waals surface area contributed by atoms with Crippen molar-refractivity contribution < 1.29 is 19.0 Å². The molecule has 5 nitrogen and oxygen atoms in total. The fourth-order valence-corrected chi connectivity index (χ4v) is 2.51.